The molecule has 1 atom stereocenters. The molecule has 5 nitrogen and oxygen atoms in total. The number of aliphatic hydroxyl groups excluding tert-OH is 3. The van der Waals surface area contributed by atoms with Gasteiger partial charge in [0.2, 0.25) is 0 Å². The molecule has 1 aromatic carbocycles. The predicted molar refractivity (Wildman–Crippen MR) is 75.8 cm³/mol. The summed E-state index contributed by atoms with van der Waals surface area (Å²) in [5.41, 5.74) is 0. The van der Waals surface area contributed by atoms with E-state index in [9.17, 15) is 5.11 Å². The van der Waals surface area contributed by atoms with Crippen molar-refractivity contribution >= 4 is 12.4 Å². The molecule has 0 radical (unpaired) electrons. The second kappa shape index (κ2) is 11.0. The first-order chi connectivity index (χ1) is 8.76. The van der Waals surface area contributed by atoms with Crippen molar-refractivity contribution in [1.82, 2.24) is 4.90 Å². The first kappa shape index (κ1) is 18.1. The molecule has 1 rings (SSSR count). The van der Waals surface area contributed by atoms with E-state index in [1.807, 2.05) is 30.3 Å². The second-order valence-electron chi connectivity index (χ2n) is 4.03. The lowest BCUT2D eigenvalue weighted by Gasteiger charge is -2.23. The van der Waals surface area contributed by atoms with Crippen LogP contribution in [0.5, 0.6) is 5.75 Å². The summed E-state index contributed by atoms with van der Waals surface area (Å²) in [5.74, 6) is 0.715. The number of halogens is 1. The van der Waals surface area contributed by atoms with Crippen molar-refractivity contribution in [2.75, 3.05) is 39.5 Å². The zero-order valence-electron chi connectivity index (χ0n) is 10.8. The molecule has 0 amide bonds. The average molecular weight is 292 g/mol. The van der Waals surface area contributed by atoms with Crippen LogP contribution in [0.2, 0.25) is 0 Å². The Labute approximate surface area is 119 Å². The normalized spacial score (nSPS) is 12.0. The van der Waals surface area contributed by atoms with E-state index in [2.05, 4.69) is 0 Å². The van der Waals surface area contributed by atoms with Crippen LogP contribution in [0.3, 0.4) is 0 Å². The highest BCUT2D eigenvalue weighted by atomic mass is 35.5. The molecule has 0 saturated heterocycles. The zero-order chi connectivity index (χ0) is 13.2. The van der Waals surface area contributed by atoms with E-state index in [1.165, 1.54) is 0 Å². The standard InChI is InChI=1S/C13H21NO4.ClH/c15-8-6-14(7-9-16)10-12(17)11-18-13-4-2-1-3-5-13;/h1-5,12,15-17H,6-11H2;1H. The Balaban J connectivity index is 0.00000324. The van der Waals surface area contributed by atoms with Crippen molar-refractivity contribution in [3.63, 3.8) is 0 Å². The van der Waals surface area contributed by atoms with E-state index >= 15 is 0 Å². The van der Waals surface area contributed by atoms with Crippen molar-refractivity contribution in [2.45, 2.75) is 6.10 Å². The van der Waals surface area contributed by atoms with Crippen LogP contribution in [0.15, 0.2) is 30.3 Å². The number of hydrogen-bond acceptors (Lipinski definition) is 5. The van der Waals surface area contributed by atoms with Crippen molar-refractivity contribution < 1.29 is 20.1 Å². The molecule has 0 saturated carbocycles. The smallest absolute Gasteiger partial charge is 0.119 e. The molecular formula is C13H22ClNO4. The summed E-state index contributed by atoms with van der Waals surface area (Å²) in [6, 6.07) is 9.28. The first-order valence-electron chi connectivity index (χ1n) is 6.06. The van der Waals surface area contributed by atoms with Gasteiger partial charge in [-0.25, -0.2) is 0 Å². The van der Waals surface area contributed by atoms with E-state index in [4.69, 9.17) is 14.9 Å². The van der Waals surface area contributed by atoms with Crippen LogP contribution in [-0.4, -0.2) is 65.8 Å². The lowest BCUT2D eigenvalue weighted by molar-refractivity contribution is 0.0552. The molecule has 19 heavy (non-hydrogen) atoms. The average Bonchev–Trinajstić information content (AvgIpc) is 2.38. The van der Waals surface area contributed by atoms with Gasteiger partial charge in [-0.2, -0.15) is 0 Å². The number of hydrogen-bond donors (Lipinski definition) is 3. The minimum atomic E-state index is -0.650. The second-order valence-corrected chi connectivity index (χ2v) is 4.03. The molecule has 110 valence electrons. The van der Waals surface area contributed by atoms with Crippen molar-refractivity contribution in [1.29, 1.82) is 0 Å². The molecule has 6 heteroatoms. The lowest BCUT2D eigenvalue weighted by atomic mass is 10.3. The van der Waals surface area contributed by atoms with Crippen LogP contribution >= 0.6 is 12.4 Å². The monoisotopic (exact) mass is 291 g/mol. The highest BCUT2D eigenvalue weighted by molar-refractivity contribution is 5.85. The molecule has 3 N–H and O–H groups in total. The van der Waals surface area contributed by atoms with Crippen LogP contribution in [-0.2, 0) is 0 Å². The Bertz CT molecular complexity index is 307. The van der Waals surface area contributed by atoms with E-state index < -0.39 is 6.10 Å². The summed E-state index contributed by atoms with van der Waals surface area (Å²) in [6.45, 7) is 1.44. The Kier molecular flexibility index (Phi) is 10.5. The number of rotatable bonds is 9. The fourth-order valence-electron chi connectivity index (χ4n) is 1.64. The zero-order valence-corrected chi connectivity index (χ0v) is 11.6. The summed E-state index contributed by atoms with van der Waals surface area (Å²) < 4.78 is 5.42. The maximum atomic E-state index is 9.80. The summed E-state index contributed by atoms with van der Waals surface area (Å²) in [4.78, 5) is 1.79. The minimum Gasteiger partial charge on any atom is -0.491 e. The highest BCUT2D eigenvalue weighted by Crippen LogP contribution is 2.08. The molecule has 0 aliphatic carbocycles. The topological polar surface area (TPSA) is 73.2 Å². The maximum absolute atomic E-state index is 9.80. The van der Waals surface area contributed by atoms with Gasteiger partial charge in [-0.15, -0.1) is 12.4 Å². The predicted octanol–water partition coefficient (Wildman–Crippen LogP) is 0.135. The van der Waals surface area contributed by atoms with Gasteiger partial charge >= 0.3 is 0 Å². The third-order valence-corrected chi connectivity index (χ3v) is 2.49. The Hall–Kier alpha value is -0.850. The number of para-hydroxylation sites is 1. The largest absolute Gasteiger partial charge is 0.491 e. The summed E-state index contributed by atoms with van der Waals surface area (Å²) in [7, 11) is 0. The molecule has 1 unspecified atom stereocenters. The highest BCUT2D eigenvalue weighted by Gasteiger charge is 2.11. The van der Waals surface area contributed by atoms with Crippen LogP contribution in [0.4, 0.5) is 0 Å². The molecule has 0 aliphatic rings. The third-order valence-electron chi connectivity index (χ3n) is 2.49. The fraction of sp³-hybridized carbons (Fsp3) is 0.538. The van der Waals surface area contributed by atoms with Gasteiger partial charge in [0, 0.05) is 19.6 Å². The Morgan fingerprint density at radius 1 is 1.05 bits per heavy atom. The molecule has 0 heterocycles. The Morgan fingerprint density at radius 2 is 1.63 bits per heavy atom. The van der Waals surface area contributed by atoms with E-state index in [0.717, 1.165) is 0 Å². The van der Waals surface area contributed by atoms with E-state index in [0.29, 0.717) is 25.4 Å². The molecule has 0 fully saturated rings. The van der Waals surface area contributed by atoms with Crippen molar-refractivity contribution in [2.24, 2.45) is 0 Å². The van der Waals surface area contributed by atoms with Gasteiger partial charge in [0.05, 0.1) is 13.2 Å². The van der Waals surface area contributed by atoms with Gasteiger partial charge in [-0.05, 0) is 12.1 Å². The maximum Gasteiger partial charge on any atom is 0.119 e. The Morgan fingerprint density at radius 3 is 2.16 bits per heavy atom. The quantitative estimate of drug-likeness (QED) is 0.603. The van der Waals surface area contributed by atoms with Gasteiger partial charge in [0.15, 0.2) is 0 Å². The molecule has 0 bridgehead atoms. The summed E-state index contributed by atoms with van der Waals surface area (Å²) in [6.07, 6.45) is -0.650. The lowest BCUT2D eigenvalue weighted by Crippen LogP contribution is -2.38. The van der Waals surface area contributed by atoms with Gasteiger partial charge in [-0.1, -0.05) is 18.2 Å². The molecular weight excluding hydrogens is 270 g/mol. The summed E-state index contributed by atoms with van der Waals surface area (Å²) in [5, 5.41) is 27.5. The van der Waals surface area contributed by atoms with E-state index in [-0.39, 0.29) is 32.2 Å². The number of ether oxygens (including phenoxy) is 1. The number of benzene rings is 1. The fourth-order valence-corrected chi connectivity index (χ4v) is 1.64. The number of aliphatic hydroxyl groups is 3. The van der Waals surface area contributed by atoms with Gasteiger partial charge < -0.3 is 20.1 Å². The molecule has 0 spiro atoms. The van der Waals surface area contributed by atoms with Crippen molar-refractivity contribution in [3.05, 3.63) is 30.3 Å². The van der Waals surface area contributed by atoms with Crippen molar-refractivity contribution in [3.8, 4) is 5.75 Å². The van der Waals surface area contributed by atoms with Crippen LogP contribution in [0.25, 0.3) is 0 Å². The van der Waals surface area contributed by atoms with Gasteiger partial charge in [0.1, 0.15) is 18.5 Å². The van der Waals surface area contributed by atoms with Gasteiger partial charge in [0.25, 0.3) is 0 Å². The third kappa shape index (κ3) is 8.02. The van der Waals surface area contributed by atoms with Crippen LogP contribution < -0.4 is 4.74 Å². The molecule has 1 aromatic rings. The minimum absolute atomic E-state index is 0. The van der Waals surface area contributed by atoms with Crippen LogP contribution in [0, 0.1) is 0 Å². The molecule has 0 aliphatic heterocycles. The van der Waals surface area contributed by atoms with Gasteiger partial charge in [-0.3, -0.25) is 4.90 Å². The number of nitrogens with zero attached hydrogens (tertiary/aromatic N) is 1. The SMILES string of the molecule is Cl.OCCN(CCO)CC(O)COc1ccccc1. The van der Waals surface area contributed by atoms with Crippen LogP contribution in [0.1, 0.15) is 0 Å². The molecule has 0 aromatic heterocycles. The van der Waals surface area contributed by atoms with E-state index in [1.54, 1.807) is 4.90 Å². The summed E-state index contributed by atoms with van der Waals surface area (Å²) >= 11 is 0. The first-order valence-corrected chi connectivity index (χ1v) is 6.06.